The Bertz CT molecular complexity index is 539. The van der Waals surface area contributed by atoms with Crippen molar-refractivity contribution < 1.29 is 4.79 Å². The lowest BCUT2D eigenvalue weighted by Crippen LogP contribution is -2.42. The molecule has 7 heteroatoms. The summed E-state index contributed by atoms with van der Waals surface area (Å²) in [6.07, 6.45) is 1.82. The molecule has 6 nitrogen and oxygen atoms in total. The Balaban J connectivity index is 2.74. The second-order valence-corrected chi connectivity index (χ2v) is 6.82. The Morgan fingerprint density at radius 2 is 2.17 bits per heavy atom. The first-order chi connectivity index (χ1) is 10.8. The molecule has 1 N–H and O–H groups in total. The first-order valence-electron chi connectivity index (χ1n) is 7.54. The zero-order valence-electron chi connectivity index (χ0n) is 14.7. The number of nitrogens with zero attached hydrogens (tertiary/aromatic N) is 4. The van der Waals surface area contributed by atoms with E-state index in [0.29, 0.717) is 18.4 Å². The minimum Gasteiger partial charge on any atom is -0.353 e. The summed E-state index contributed by atoms with van der Waals surface area (Å²) in [5.41, 5.74) is 1.01. The zero-order chi connectivity index (χ0) is 17.4. The van der Waals surface area contributed by atoms with Gasteiger partial charge in [0.25, 0.3) is 0 Å². The Morgan fingerprint density at radius 1 is 1.48 bits per heavy atom. The number of thiazole rings is 1. The second-order valence-electron chi connectivity index (χ2n) is 5.89. The third-order valence-electron chi connectivity index (χ3n) is 3.19. The molecule has 0 saturated heterocycles. The molecule has 0 aliphatic rings. The summed E-state index contributed by atoms with van der Waals surface area (Å²) in [7, 11) is 5.43. The fraction of sp³-hybridized carbons (Fsp3) is 0.562. The molecule has 0 saturated carbocycles. The molecule has 0 bridgehead atoms. The molecule has 1 aromatic heterocycles. The van der Waals surface area contributed by atoms with Gasteiger partial charge in [-0.3, -0.25) is 4.79 Å². The molecule has 23 heavy (non-hydrogen) atoms. The average Bonchev–Trinajstić information content (AvgIpc) is 3.00. The van der Waals surface area contributed by atoms with Crippen LogP contribution in [-0.4, -0.2) is 67.4 Å². The first-order valence-corrected chi connectivity index (χ1v) is 8.42. The summed E-state index contributed by atoms with van der Waals surface area (Å²) >= 11 is 1.65. The van der Waals surface area contributed by atoms with Gasteiger partial charge in [0.1, 0.15) is 6.54 Å². The monoisotopic (exact) mass is 337 g/mol. The third kappa shape index (κ3) is 6.81. The van der Waals surface area contributed by atoms with Crippen LogP contribution in [0.25, 0.3) is 0 Å². The number of carbonyl (C=O) groups excluding carboxylic acids is 1. The molecule has 0 aliphatic heterocycles. The van der Waals surface area contributed by atoms with Crippen LogP contribution in [-0.2, 0) is 4.79 Å². The van der Waals surface area contributed by atoms with Crippen LogP contribution >= 0.6 is 11.3 Å². The van der Waals surface area contributed by atoms with E-state index in [1.165, 1.54) is 4.90 Å². The SMILES string of the molecule is C=C(C)CNC(=NCC(=O)N(C)C)N(C)CC(C)c1nccs1. The number of rotatable bonds is 7. The number of hydrogen-bond acceptors (Lipinski definition) is 4. The molecule has 1 atom stereocenters. The number of aliphatic imine (C=N–C) groups is 1. The van der Waals surface area contributed by atoms with E-state index < -0.39 is 0 Å². The number of likely N-dealkylation sites (N-methyl/N-ethyl adjacent to an activating group) is 2. The molecule has 1 heterocycles. The summed E-state index contributed by atoms with van der Waals surface area (Å²) in [5.74, 6) is 0.967. The Hall–Kier alpha value is -1.89. The highest BCUT2D eigenvalue weighted by atomic mass is 32.1. The summed E-state index contributed by atoms with van der Waals surface area (Å²) in [6, 6.07) is 0. The smallest absolute Gasteiger partial charge is 0.243 e. The van der Waals surface area contributed by atoms with Gasteiger partial charge in [0.15, 0.2) is 5.96 Å². The molecule has 1 unspecified atom stereocenters. The van der Waals surface area contributed by atoms with Crippen molar-refractivity contribution in [1.29, 1.82) is 0 Å². The van der Waals surface area contributed by atoms with Crippen molar-refractivity contribution in [3.63, 3.8) is 0 Å². The number of amides is 1. The Labute approximate surface area is 142 Å². The van der Waals surface area contributed by atoms with Crippen LogP contribution in [0.1, 0.15) is 24.8 Å². The summed E-state index contributed by atoms with van der Waals surface area (Å²) < 4.78 is 0. The van der Waals surface area contributed by atoms with Crippen molar-refractivity contribution in [1.82, 2.24) is 20.1 Å². The Kier molecular flexibility index (Phi) is 7.74. The molecule has 1 amide bonds. The van der Waals surface area contributed by atoms with E-state index in [1.54, 1.807) is 25.4 Å². The lowest BCUT2D eigenvalue weighted by atomic mass is 10.2. The average molecular weight is 337 g/mol. The van der Waals surface area contributed by atoms with Gasteiger partial charge in [-0.05, 0) is 6.92 Å². The van der Waals surface area contributed by atoms with Crippen LogP contribution in [0.5, 0.6) is 0 Å². The molecule has 0 aliphatic carbocycles. The minimum atomic E-state index is -0.0269. The number of guanidine groups is 1. The van der Waals surface area contributed by atoms with Crippen LogP contribution in [0.3, 0.4) is 0 Å². The number of hydrogen-bond donors (Lipinski definition) is 1. The van der Waals surface area contributed by atoms with E-state index >= 15 is 0 Å². The second kappa shape index (κ2) is 9.29. The van der Waals surface area contributed by atoms with E-state index in [-0.39, 0.29) is 12.5 Å². The number of nitrogens with one attached hydrogen (secondary N) is 1. The third-order valence-corrected chi connectivity index (χ3v) is 4.20. The van der Waals surface area contributed by atoms with Crippen molar-refractivity contribution in [2.75, 3.05) is 40.8 Å². The van der Waals surface area contributed by atoms with Crippen LogP contribution in [0.2, 0.25) is 0 Å². The van der Waals surface area contributed by atoms with Crippen LogP contribution in [0.4, 0.5) is 0 Å². The lowest BCUT2D eigenvalue weighted by Gasteiger charge is -2.25. The summed E-state index contributed by atoms with van der Waals surface area (Å²) in [4.78, 5) is 24.1. The highest BCUT2D eigenvalue weighted by Crippen LogP contribution is 2.18. The zero-order valence-corrected chi connectivity index (χ0v) is 15.5. The first kappa shape index (κ1) is 19.2. The predicted molar refractivity (Wildman–Crippen MR) is 97.0 cm³/mol. The van der Waals surface area contributed by atoms with Gasteiger partial charge < -0.3 is 15.1 Å². The van der Waals surface area contributed by atoms with E-state index in [4.69, 9.17) is 0 Å². The maximum Gasteiger partial charge on any atom is 0.243 e. The highest BCUT2D eigenvalue weighted by molar-refractivity contribution is 7.09. The van der Waals surface area contributed by atoms with Crippen molar-refractivity contribution in [2.24, 2.45) is 4.99 Å². The van der Waals surface area contributed by atoms with Crippen LogP contribution in [0, 0.1) is 0 Å². The molecule has 0 fully saturated rings. The molecule has 128 valence electrons. The van der Waals surface area contributed by atoms with Crippen molar-refractivity contribution in [2.45, 2.75) is 19.8 Å². The largest absolute Gasteiger partial charge is 0.353 e. The highest BCUT2D eigenvalue weighted by Gasteiger charge is 2.15. The van der Waals surface area contributed by atoms with Gasteiger partial charge in [-0.2, -0.15) is 0 Å². The van der Waals surface area contributed by atoms with Gasteiger partial charge in [0.05, 0.1) is 5.01 Å². The van der Waals surface area contributed by atoms with E-state index in [1.807, 2.05) is 30.4 Å². The summed E-state index contributed by atoms with van der Waals surface area (Å²) in [5, 5.41) is 6.33. The van der Waals surface area contributed by atoms with Gasteiger partial charge in [-0.25, -0.2) is 9.98 Å². The van der Waals surface area contributed by atoms with E-state index in [2.05, 4.69) is 28.8 Å². The van der Waals surface area contributed by atoms with Gasteiger partial charge in [-0.15, -0.1) is 11.3 Å². The van der Waals surface area contributed by atoms with Crippen molar-refractivity contribution in [3.8, 4) is 0 Å². The number of carbonyl (C=O) groups is 1. The van der Waals surface area contributed by atoms with Gasteiger partial charge in [0, 0.05) is 51.7 Å². The van der Waals surface area contributed by atoms with Crippen LogP contribution < -0.4 is 5.32 Å². The molecular weight excluding hydrogens is 310 g/mol. The topological polar surface area (TPSA) is 60.8 Å². The molecule has 1 rings (SSSR count). The van der Waals surface area contributed by atoms with E-state index in [0.717, 1.165) is 17.1 Å². The van der Waals surface area contributed by atoms with Crippen molar-refractivity contribution in [3.05, 3.63) is 28.7 Å². The molecular formula is C16H27N5OS. The number of aromatic nitrogens is 1. The lowest BCUT2D eigenvalue weighted by molar-refractivity contribution is -0.127. The molecule has 1 aromatic rings. The minimum absolute atomic E-state index is 0.0269. The fourth-order valence-corrected chi connectivity index (χ4v) is 2.57. The fourth-order valence-electron chi connectivity index (χ4n) is 1.88. The predicted octanol–water partition coefficient (Wildman–Crippen LogP) is 1.79. The molecule has 0 aromatic carbocycles. The normalized spacial score (nSPS) is 12.7. The molecule has 0 radical (unpaired) electrons. The van der Waals surface area contributed by atoms with Gasteiger partial charge in [-0.1, -0.05) is 19.1 Å². The van der Waals surface area contributed by atoms with Crippen LogP contribution in [0.15, 0.2) is 28.7 Å². The maximum absolute atomic E-state index is 11.8. The van der Waals surface area contributed by atoms with Crippen molar-refractivity contribution >= 4 is 23.2 Å². The summed E-state index contributed by atoms with van der Waals surface area (Å²) in [6.45, 7) is 9.51. The maximum atomic E-state index is 11.8. The van der Waals surface area contributed by atoms with E-state index in [9.17, 15) is 4.79 Å². The van der Waals surface area contributed by atoms with Gasteiger partial charge in [0.2, 0.25) is 5.91 Å². The van der Waals surface area contributed by atoms with Gasteiger partial charge >= 0.3 is 0 Å². The quantitative estimate of drug-likeness (QED) is 0.468. The standard InChI is InChI=1S/C16H27N5OS/c1-12(2)9-18-16(19-10-14(22)20(4)5)21(6)11-13(3)15-17-7-8-23-15/h7-8,13H,1,9-11H2,2-6H3,(H,18,19). The Morgan fingerprint density at radius 3 is 2.70 bits per heavy atom. The molecule has 0 spiro atoms.